The zero-order valence-corrected chi connectivity index (χ0v) is 10.5. The summed E-state index contributed by atoms with van der Waals surface area (Å²) in [5.41, 5.74) is 0.555. The maximum absolute atomic E-state index is 11.1. The third-order valence-corrected chi connectivity index (χ3v) is 2.27. The molecule has 0 fully saturated rings. The van der Waals surface area contributed by atoms with Crippen molar-refractivity contribution in [1.29, 1.82) is 0 Å². The van der Waals surface area contributed by atoms with E-state index < -0.39 is 17.0 Å². The van der Waals surface area contributed by atoms with Crippen LogP contribution in [0.4, 0.5) is 5.69 Å². The molecule has 1 aromatic carbocycles. The molecule has 0 saturated carbocycles. The highest BCUT2D eigenvalue weighted by molar-refractivity contribution is 5.70. The number of nitrogens with zero attached hydrogens (tertiary/aromatic N) is 1. The summed E-state index contributed by atoms with van der Waals surface area (Å²) in [6.45, 7) is 1.95. The molecular weight excluding hydrogens is 250 g/mol. The first-order valence-corrected chi connectivity index (χ1v) is 5.79. The Labute approximate surface area is 110 Å². The number of nitro groups is 1. The van der Waals surface area contributed by atoms with Gasteiger partial charge in [0, 0.05) is 12.1 Å². The standard InChI is InChI=1S/C13H15NO5/c1-2-19-13(16)9-12(15)7-6-10-4-3-5-11(8-10)14(17)18/h3-8,12,15H,2,9H2,1H3/b7-6+. The first kappa shape index (κ1) is 14.8. The highest BCUT2D eigenvalue weighted by atomic mass is 16.6. The Morgan fingerprint density at radius 2 is 2.32 bits per heavy atom. The SMILES string of the molecule is CCOC(=O)CC(O)/C=C/c1cccc([N+](=O)[O-])c1. The Morgan fingerprint density at radius 1 is 1.58 bits per heavy atom. The molecule has 102 valence electrons. The molecule has 0 aliphatic heterocycles. The minimum atomic E-state index is -0.974. The fourth-order valence-electron chi connectivity index (χ4n) is 1.42. The number of benzene rings is 1. The summed E-state index contributed by atoms with van der Waals surface area (Å²) in [5, 5.41) is 20.1. The van der Waals surface area contributed by atoms with Crippen molar-refractivity contribution in [1.82, 2.24) is 0 Å². The van der Waals surface area contributed by atoms with Crippen molar-refractivity contribution in [3.63, 3.8) is 0 Å². The highest BCUT2D eigenvalue weighted by Gasteiger charge is 2.08. The van der Waals surface area contributed by atoms with Gasteiger partial charge in [-0.15, -0.1) is 0 Å². The van der Waals surface area contributed by atoms with Gasteiger partial charge in [0.2, 0.25) is 0 Å². The second kappa shape index (κ2) is 7.27. The lowest BCUT2D eigenvalue weighted by atomic mass is 10.1. The number of carbonyl (C=O) groups excluding carboxylic acids is 1. The third kappa shape index (κ3) is 5.31. The Hall–Kier alpha value is -2.21. The summed E-state index contributed by atoms with van der Waals surface area (Å²) in [5.74, 6) is -0.487. The number of esters is 1. The molecule has 19 heavy (non-hydrogen) atoms. The Kier molecular flexibility index (Phi) is 5.69. The smallest absolute Gasteiger partial charge is 0.308 e. The second-order valence-corrected chi connectivity index (χ2v) is 3.79. The number of ether oxygens (including phenoxy) is 1. The maximum atomic E-state index is 11.1. The molecule has 1 N–H and O–H groups in total. The van der Waals surface area contributed by atoms with Crippen molar-refractivity contribution >= 4 is 17.7 Å². The van der Waals surface area contributed by atoms with E-state index in [-0.39, 0.29) is 18.7 Å². The quantitative estimate of drug-likeness (QED) is 0.482. The third-order valence-electron chi connectivity index (χ3n) is 2.27. The molecule has 1 rings (SSSR count). The van der Waals surface area contributed by atoms with Crippen molar-refractivity contribution in [3.8, 4) is 0 Å². The molecule has 0 heterocycles. The number of hydrogen-bond acceptors (Lipinski definition) is 5. The zero-order valence-electron chi connectivity index (χ0n) is 10.5. The molecule has 0 saturated heterocycles. The Balaban J connectivity index is 2.63. The van der Waals surface area contributed by atoms with Crippen LogP contribution in [0.2, 0.25) is 0 Å². The van der Waals surface area contributed by atoms with Crippen LogP contribution in [0.25, 0.3) is 6.08 Å². The fourth-order valence-corrected chi connectivity index (χ4v) is 1.42. The van der Waals surface area contributed by atoms with E-state index in [1.165, 1.54) is 24.3 Å². The summed E-state index contributed by atoms with van der Waals surface area (Å²) >= 11 is 0. The van der Waals surface area contributed by atoms with Crippen LogP contribution in [0, 0.1) is 10.1 Å². The van der Waals surface area contributed by atoms with Crippen LogP contribution in [0.5, 0.6) is 0 Å². The van der Waals surface area contributed by atoms with Crippen molar-refractivity contribution in [2.24, 2.45) is 0 Å². The number of nitro benzene ring substituents is 1. The van der Waals surface area contributed by atoms with Crippen LogP contribution < -0.4 is 0 Å². The van der Waals surface area contributed by atoms with E-state index in [2.05, 4.69) is 0 Å². The Morgan fingerprint density at radius 3 is 2.95 bits per heavy atom. The number of rotatable bonds is 6. The van der Waals surface area contributed by atoms with E-state index in [4.69, 9.17) is 4.74 Å². The second-order valence-electron chi connectivity index (χ2n) is 3.79. The number of carbonyl (C=O) groups is 1. The fraction of sp³-hybridized carbons (Fsp3) is 0.308. The van der Waals surface area contributed by atoms with Crippen LogP contribution in [-0.4, -0.2) is 28.7 Å². The monoisotopic (exact) mass is 265 g/mol. The van der Waals surface area contributed by atoms with Gasteiger partial charge < -0.3 is 9.84 Å². The molecule has 0 radical (unpaired) electrons. The molecule has 6 nitrogen and oxygen atoms in total. The van der Waals surface area contributed by atoms with Gasteiger partial charge in [0.15, 0.2) is 0 Å². The van der Waals surface area contributed by atoms with Crippen LogP contribution in [0.3, 0.4) is 0 Å². The van der Waals surface area contributed by atoms with Crippen molar-refractivity contribution in [3.05, 3.63) is 46.0 Å². The summed E-state index contributed by atoms with van der Waals surface area (Å²) in [6, 6.07) is 5.98. The first-order chi connectivity index (χ1) is 9.02. The summed E-state index contributed by atoms with van der Waals surface area (Å²) in [7, 11) is 0. The van der Waals surface area contributed by atoms with Gasteiger partial charge in [-0.05, 0) is 12.5 Å². The van der Waals surface area contributed by atoms with Gasteiger partial charge in [-0.2, -0.15) is 0 Å². The lowest BCUT2D eigenvalue weighted by Crippen LogP contribution is -2.13. The number of hydrogen-bond donors (Lipinski definition) is 1. The lowest BCUT2D eigenvalue weighted by Gasteiger charge is -2.04. The van der Waals surface area contributed by atoms with Crippen LogP contribution >= 0.6 is 0 Å². The van der Waals surface area contributed by atoms with Crippen molar-refractivity contribution < 1.29 is 19.6 Å². The van der Waals surface area contributed by atoms with Gasteiger partial charge in [-0.3, -0.25) is 14.9 Å². The van der Waals surface area contributed by atoms with Gasteiger partial charge in [0.1, 0.15) is 0 Å². The van der Waals surface area contributed by atoms with E-state index in [1.54, 1.807) is 19.1 Å². The predicted octanol–water partition coefficient (Wildman–Crippen LogP) is 1.92. The molecule has 1 atom stereocenters. The molecule has 0 aliphatic carbocycles. The first-order valence-electron chi connectivity index (χ1n) is 5.79. The van der Waals surface area contributed by atoms with E-state index in [0.29, 0.717) is 5.56 Å². The summed E-state index contributed by atoms with van der Waals surface area (Å²) in [6.07, 6.45) is 1.81. The molecule has 0 aliphatic rings. The molecule has 0 bridgehead atoms. The lowest BCUT2D eigenvalue weighted by molar-refractivity contribution is -0.384. The molecule has 0 aromatic heterocycles. The number of non-ortho nitro benzene ring substituents is 1. The van der Waals surface area contributed by atoms with Gasteiger partial charge in [0.05, 0.1) is 24.1 Å². The largest absolute Gasteiger partial charge is 0.466 e. The average molecular weight is 265 g/mol. The van der Waals surface area contributed by atoms with E-state index >= 15 is 0 Å². The summed E-state index contributed by atoms with van der Waals surface area (Å²) in [4.78, 5) is 21.2. The van der Waals surface area contributed by atoms with E-state index in [9.17, 15) is 20.0 Å². The van der Waals surface area contributed by atoms with E-state index in [1.807, 2.05) is 0 Å². The number of aliphatic hydroxyl groups excluding tert-OH is 1. The molecule has 0 amide bonds. The van der Waals surface area contributed by atoms with Gasteiger partial charge in [-0.1, -0.05) is 24.3 Å². The van der Waals surface area contributed by atoms with Crippen molar-refractivity contribution in [2.45, 2.75) is 19.4 Å². The average Bonchev–Trinajstić information content (AvgIpc) is 2.37. The van der Waals surface area contributed by atoms with E-state index in [0.717, 1.165) is 0 Å². The minimum Gasteiger partial charge on any atom is -0.466 e. The summed E-state index contributed by atoms with van der Waals surface area (Å²) < 4.78 is 4.69. The minimum absolute atomic E-state index is 0.0259. The van der Waals surface area contributed by atoms with Crippen LogP contribution in [-0.2, 0) is 9.53 Å². The van der Waals surface area contributed by atoms with Crippen molar-refractivity contribution in [2.75, 3.05) is 6.61 Å². The van der Waals surface area contributed by atoms with Gasteiger partial charge >= 0.3 is 5.97 Å². The van der Waals surface area contributed by atoms with Gasteiger partial charge in [-0.25, -0.2) is 0 Å². The molecule has 1 aromatic rings. The number of aliphatic hydroxyl groups is 1. The predicted molar refractivity (Wildman–Crippen MR) is 69.4 cm³/mol. The Bertz CT molecular complexity index is 484. The topological polar surface area (TPSA) is 89.7 Å². The van der Waals surface area contributed by atoms with Crippen LogP contribution in [0.15, 0.2) is 30.3 Å². The normalized spacial score (nSPS) is 12.3. The molecule has 6 heteroatoms. The van der Waals surface area contributed by atoms with Gasteiger partial charge in [0.25, 0.3) is 5.69 Å². The molecule has 1 unspecified atom stereocenters. The molecular formula is C13H15NO5. The van der Waals surface area contributed by atoms with Crippen LogP contribution in [0.1, 0.15) is 18.9 Å². The highest BCUT2D eigenvalue weighted by Crippen LogP contribution is 2.14. The molecule has 0 spiro atoms. The maximum Gasteiger partial charge on any atom is 0.308 e. The zero-order chi connectivity index (χ0) is 14.3.